The fourth-order valence-corrected chi connectivity index (χ4v) is 1.74. The third-order valence-corrected chi connectivity index (χ3v) is 2.69. The van der Waals surface area contributed by atoms with Crippen molar-refractivity contribution in [1.82, 2.24) is 9.55 Å². The molecular formula is C13H15N5O2. The molecule has 2 rings (SSSR count). The van der Waals surface area contributed by atoms with E-state index < -0.39 is 11.8 Å². The van der Waals surface area contributed by atoms with Gasteiger partial charge in [-0.3, -0.25) is 9.59 Å². The molecule has 2 amide bonds. The molecule has 0 aliphatic rings. The van der Waals surface area contributed by atoms with Crippen molar-refractivity contribution in [2.45, 2.75) is 6.54 Å². The van der Waals surface area contributed by atoms with Crippen molar-refractivity contribution < 1.29 is 9.59 Å². The first-order chi connectivity index (χ1) is 9.61. The average molecular weight is 273 g/mol. The summed E-state index contributed by atoms with van der Waals surface area (Å²) >= 11 is 0. The van der Waals surface area contributed by atoms with Crippen LogP contribution in [0, 0.1) is 0 Å². The van der Waals surface area contributed by atoms with Crippen LogP contribution in [-0.2, 0) is 6.54 Å². The molecule has 2 aromatic rings. The van der Waals surface area contributed by atoms with E-state index in [2.05, 4.69) is 10.3 Å². The lowest BCUT2D eigenvalue weighted by atomic mass is 10.1. The summed E-state index contributed by atoms with van der Waals surface area (Å²) in [5.74, 6) is -1.01. The molecule has 0 radical (unpaired) electrons. The van der Waals surface area contributed by atoms with E-state index in [-0.39, 0.29) is 11.3 Å². The third-order valence-electron chi connectivity index (χ3n) is 2.69. The minimum Gasteiger partial charge on any atom is -0.366 e. The van der Waals surface area contributed by atoms with E-state index in [0.717, 1.165) is 0 Å². The van der Waals surface area contributed by atoms with Gasteiger partial charge in [0.25, 0.3) is 11.8 Å². The SMILES string of the molecule is NCCn1cnc(C(=O)Nc2ccccc2C(N)=O)c1. The van der Waals surface area contributed by atoms with Crippen LogP contribution < -0.4 is 16.8 Å². The number of primary amides is 1. The van der Waals surface area contributed by atoms with Crippen LogP contribution in [0.15, 0.2) is 36.8 Å². The number of imidazole rings is 1. The zero-order valence-electron chi connectivity index (χ0n) is 10.7. The molecule has 0 aliphatic heterocycles. The predicted molar refractivity (Wildman–Crippen MR) is 74.2 cm³/mol. The normalized spacial score (nSPS) is 10.2. The molecule has 0 aliphatic carbocycles. The number of nitrogens with two attached hydrogens (primary N) is 2. The molecule has 7 nitrogen and oxygen atoms in total. The summed E-state index contributed by atoms with van der Waals surface area (Å²) in [6.07, 6.45) is 3.12. The molecule has 20 heavy (non-hydrogen) atoms. The lowest BCUT2D eigenvalue weighted by Gasteiger charge is -2.07. The van der Waals surface area contributed by atoms with Crippen molar-refractivity contribution in [3.63, 3.8) is 0 Å². The van der Waals surface area contributed by atoms with Crippen LogP contribution in [0.3, 0.4) is 0 Å². The zero-order valence-corrected chi connectivity index (χ0v) is 10.7. The highest BCUT2D eigenvalue weighted by Crippen LogP contribution is 2.15. The fraction of sp³-hybridized carbons (Fsp3) is 0.154. The van der Waals surface area contributed by atoms with E-state index in [9.17, 15) is 9.59 Å². The van der Waals surface area contributed by atoms with Crippen LogP contribution in [-0.4, -0.2) is 27.9 Å². The van der Waals surface area contributed by atoms with Gasteiger partial charge in [0.05, 0.1) is 17.6 Å². The molecule has 5 N–H and O–H groups in total. The maximum absolute atomic E-state index is 12.0. The van der Waals surface area contributed by atoms with Crippen LogP contribution in [0.4, 0.5) is 5.69 Å². The Kier molecular flexibility index (Phi) is 4.11. The number of para-hydroxylation sites is 1. The highest BCUT2D eigenvalue weighted by Gasteiger charge is 2.13. The molecule has 104 valence electrons. The first-order valence-electron chi connectivity index (χ1n) is 6.04. The number of hydrogen-bond acceptors (Lipinski definition) is 4. The molecule has 0 unspecified atom stereocenters. The Bertz CT molecular complexity index is 635. The van der Waals surface area contributed by atoms with Crippen LogP contribution in [0.5, 0.6) is 0 Å². The van der Waals surface area contributed by atoms with Crippen LogP contribution >= 0.6 is 0 Å². The van der Waals surface area contributed by atoms with E-state index in [1.54, 1.807) is 35.0 Å². The van der Waals surface area contributed by atoms with Gasteiger partial charge in [0.1, 0.15) is 5.69 Å². The molecule has 1 heterocycles. The number of rotatable bonds is 5. The van der Waals surface area contributed by atoms with Gasteiger partial charge in [-0.25, -0.2) is 4.98 Å². The standard InChI is InChI=1S/C13H15N5O2/c14-5-6-18-7-11(16-8-18)13(20)17-10-4-2-1-3-9(10)12(15)19/h1-4,7-8H,5-6,14H2,(H2,15,19)(H,17,20). The Morgan fingerprint density at radius 2 is 2.05 bits per heavy atom. The fourth-order valence-electron chi connectivity index (χ4n) is 1.74. The largest absolute Gasteiger partial charge is 0.366 e. The second-order valence-corrected chi connectivity index (χ2v) is 4.15. The molecule has 0 saturated carbocycles. The molecule has 0 spiro atoms. The molecular weight excluding hydrogens is 258 g/mol. The van der Waals surface area contributed by atoms with E-state index in [1.807, 2.05) is 0 Å². The Labute approximate surface area is 115 Å². The third kappa shape index (κ3) is 3.01. The summed E-state index contributed by atoms with van der Waals surface area (Å²) in [7, 11) is 0. The molecule has 0 fully saturated rings. The summed E-state index contributed by atoms with van der Waals surface area (Å²) < 4.78 is 1.72. The van der Waals surface area contributed by atoms with Crippen molar-refractivity contribution in [2.75, 3.05) is 11.9 Å². The summed E-state index contributed by atoms with van der Waals surface area (Å²) in [6.45, 7) is 1.04. The summed E-state index contributed by atoms with van der Waals surface area (Å²) in [5, 5.41) is 2.62. The average Bonchev–Trinajstić information content (AvgIpc) is 2.88. The molecule has 1 aromatic heterocycles. The lowest BCUT2D eigenvalue weighted by Crippen LogP contribution is -2.18. The number of benzene rings is 1. The smallest absolute Gasteiger partial charge is 0.275 e. The van der Waals surface area contributed by atoms with Gasteiger partial charge in [-0.1, -0.05) is 12.1 Å². The minimum atomic E-state index is -0.602. The maximum atomic E-state index is 12.0. The summed E-state index contributed by atoms with van der Waals surface area (Å²) in [5.41, 5.74) is 11.5. The van der Waals surface area contributed by atoms with Crippen LogP contribution in [0.1, 0.15) is 20.8 Å². The lowest BCUT2D eigenvalue weighted by molar-refractivity contribution is 0.100. The van der Waals surface area contributed by atoms with Crippen molar-refractivity contribution in [3.05, 3.63) is 48.0 Å². The number of hydrogen-bond donors (Lipinski definition) is 3. The van der Waals surface area contributed by atoms with Crippen LogP contribution in [0.25, 0.3) is 0 Å². The second-order valence-electron chi connectivity index (χ2n) is 4.15. The van der Waals surface area contributed by atoms with Crippen molar-refractivity contribution >= 4 is 17.5 Å². The number of nitrogens with zero attached hydrogens (tertiary/aromatic N) is 2. The van der Waals surface area contributed by atoms with E-state index in [1.165, 1.54) is 6.33 Å². The van der Waals surface area contributed by atoms with Crippen molar-refractivity contribution in [1.29, 1.82) is 0 Å². The number of nitrogens with one attached hydrogen (secondary N) is 1. The maximum Gasteiger partial charge on any atom is 0.275 e. The molecule has 1 aromatic carbocycles. The number of amides is 2. The van der Waals surface area contributed by atoms with Gasteiger partial charge < -0.3 is 21.4 Å². The van der Waals surface area contributed by atoms with Gasteiger partial charge in [-0.05, 0) is 12.1 Å². The highest BCUT2D eigenvalue weighted by molar-refractivity contribution is 6.07. The summed E-state index contributed by atoms with van der Waals surface area (Å²) in [6, 6.07) is 6.53. The van der Waals surface area contributed by atoms with E-state index in [0.29, 0.717) is 18.8 Å². The highest BCUT2D eigenvalue weighted by atomic mass is 16.2. The first-order valence-corrected chi connectivity index (χ1v) is 6.04. The minimum absolute atomic E-state index is 0.248. The Morgan fingerprint density at radius 1 is 1.30 bits per heavy atom. The van der Waals surface area contributed by atoms with Crippen molar-refractivity contribution in [3.8, 4) is 0 Å². The molecule has 7 heteroatoms. The number of carbonyl (C=O) groups is 2. The number of aromatic nitrogens is 2. The Balaban J connectivity index is 2.17. The van der Waals surface area contributed by atoms with Gasteiger partial charge in [-0.2, -0.15) is 0 Å². The number of anilines is 1. The van der Waals surface area contributed by atoms with Gasteiger partial charge in [0.15, 0.2) is 0 Å². The number of carbonyl (C=O) groups excluding carboxylic acids is 2. The second kappa shape index (κ2) is 5.98. The van der Waals surface area contributed by atoms with Gasteiger partial charge in [0, 0.05) is 19.3 Å². The molecule has 0 bridgehead atoms. The first kappa shape index (κ1) is 13.8. The zero-order chi connectivity index (χ0) is 14.5. The van der Waals surface area contributed by atoms with Gasteiger partial charge in [0.2, 0.25) is 0 Å². The topological polar surface area (TPSA) is 116 Å². The van der Waals surface area contributed by atoms with E-state index >= 15 is 0 Å². The van der Waals surface area contributed by atoms with E-state index in [4.69, 9.17) is 11.5 Å². The van der Waals surface area contributed by atoms with Crippen LogP contribution in [0.2, 0.25) is 0 Å². The molecule has 0 saturated heterocycles. The Morgan fingerprint density at radius 3 is 2.75 bits per heavy atom. The van der Waals surface area contributed by atoms with Crippen molar-refractivity contribution in [2.24, 2.45) is 11.5 Å². The predicted octanol–water partition coefficient (Wildman–Crippen LogP) is 0.193. The van der Waals surface area contributed by atoms with Gasteiger partial charge >= 0.3 is 0 Å². The summed E-state index contributed by atoms with van der Waals surface area (Å²) in [4.78, 5) is 27.3. The van der Waals surface area contributed by atoms with Gasteiger partial charge in [-0.15, -0.1) is 0 Å². The molecule has 0 atom stereocenters. The quantitative estimate of drug-likeness (QED) is 0.721. The Hall–Kier alpha value is -2.67. The monoisotopic (exact) mass is 273 g/mol.